The molecule has 2 fully saturated rings. The third kappa shape index (κ3) is 5.81. The number of rotatable bonds is 5. The highest BCUT2D eigenvalue weighted by Crippen LogP contribution is 2.40. The number of nitrogens with one attached hydrogen (secondary N) is 1. The molecule has 0 aliphatic carbocycles. The molecular formula is C20H31N3O8. The van der Waals surface area contributed by atoms with Crippen LogP contribution in [0.3, 0.4) is 0 Å². The molecule has 1 spiro atoms. The van der Waals surface area contributed by atoms with Crippen molar-refractivity contribution in [1.29, 1.82) is 0 Å². The molecule has 31 heavy (non-hydrogen) atoms. The SMILES string of the molecule is Cc1noc(C)c1CC(=O)N[C@@]1(C)CCOC2(CCN(CC(=O)O)CC2)[C@@H]1O.O=CO. The number of carbonyl (C=O) groups excluding carboxylic acids is 1. The summed E-state index contributed by atoms with van der Waals surface area (Å²) in [5.74, 6) is -0.443. The van der Waals surface area contributed by atoms with Crippen molar-refractivity contribution in [2.24, 2.45) is 0 Å². The first-order chi connectivity index (χ1) is 14.6. The monoisotopic (exact) mass is 441 g/mol. The highest BCUT2D eigenvalue weighted by molar-refractivity contribution is 5.80. The number of aromatic nitrogens is 1. The maximum absolute atomic E-state index is 12.7. The van der Waals surface area contributed by atoms with E-state index in [4.69, 9.17) is 24.3 Å². The summed E-state index contributed by atoms with van der Waals surface area (Å²) < 4.78 is 11.1. The predicted molar refractivity (Wildman–Crippen MR) is 108 cm³/mol. The number of hydrogen-bond donors (Lipinski definition) is 4. The number of amides is 1. The number of piperidine rings is 1. The lowest BCUT2D eigenvalue weighted by Gasteiger charge is -2.53. The predicted octanol–water partition coefficient (Wildman–Crippen LogP) is 0.110. The zero-order chi connectivity index (χ0) is 23.2. The van der Waals surface area contributed by atoms with Crippen molar-refractivity contribution in [1.82, 2.24) is 15.4 Å². The topological polar surface area (TPSA) is 162 Å². The molecule has 11 nitrogen and oxygen atoms in total. The fourth-order valence-electron chi connectivity index (χ4n) is 4.37. The molecule has 1 amide bonds. The quantitative estimate of drug-likeness (QED) is 0.461. The van der Waals surface area contributed by atoms with E-state index in [9.17, 15) is 14.7 Å². The maximum atomic E-state index is 12.7. The van der Waals surface area contributed by atoms with Gasteiger partial charge in [0.25, 0.3) is 6.47 Å². The van der Waals surface area contributed by atoms with Crippen molar-refractivity contribution in [3.63, 3.8) is 0 Å². The molecule has 0 aromatic carbocycles. The lowest BCUT2D eigenvalue weighted by molar-refractivity contribution is -0.208. The highest BCUT2D eigenvalue weighted by Gasteiger charge is 2.53. The molecule has 1 aromatic rings. The van der Waals surface area contributed by atoms with Crippen molar-refractivity contribution < 1.29 is 39.0 Å². The highest BCUT2D eigenvalue weighted by atomic mass is 16.5. The second kappa shape index (κ2) is 10.2. The van der Waals surface area contributed by atoms with E-state index in [0.717, 1.165) is 5.56 Å². The van der Waals surface area contributed by atoms with Crippen molar-refractivity contribution in [2.75, 3.05) is 26.2 Å². The Hall–Kier alpha value is -2.50. The third-order valence-electron chi connectivity index (χ3n) is 6.12. The van der Waals surface area contributed by atoms with Gasteiger partial charge in [-0.05, 0) is 40.0 Å². The van der Waals surface area contributed by atoms with Crippen LogP contribution < -0.4 is 5.32 Å². The summed E-state index contributed by atoms with van der Waals surface area (Å²) in [6.07, 6.45) is 0.814. The van der Waals surface area contributed by atoms with Crippen LogP contribution in [0.2, 0.25) is 0 Å². The van der Waals surface area contributed by atoms with E-state index in [1.54, 1.807) is 13.8 Å². The summed E-state index contributed by atoms with van der Waals surface area (Å²) in [4.78, 5) is 33.8. The van der Waals surface area contributed by atoms with Gasteiger partial charge in [-0.25, -0.2) is 0 Å². The van der Waals surface area contributed by atoms with Crippen LogP contribution in [-0.2, 0) is 25.5 Å². The van der Waals surface area contributed by atoms with E-state index in [1.165, 1.54) is 0 Å². The lowest BCUT2D eigenvalue weighted by Crippen LogP contribution is -2.69. The van der Waals surface area contributed by atoms with Crippen LogP contribution >= 0.6 is 0 Å². The van der Waals surface area contributed by atoms with E-state index >= 15 is 0 Å². The molecule has 0 radical (unpaired) electrons. The smallest absolute Gasteiger partial charge is 0.317 e. The van der Waals surface area contributed by atoms with Gasteiger partial charge in [-0.3, -0.25) is 19.3 Å². The summed E-state index contributed by atoms with van der Waals surface area (Å²) >= 11 is 0. The van der Waals surface area contributed by atoms with Crippen molar-refractivity contribution in [2.45, 2.75) is 63.7 Å². The van der Waals surface area contributed by atoms with Crippen LogP contribution in [0.25, 0.3) is 0 Å². The van der Waals surface area contributed by atoms with Crippen LogP contribution in [0.5, 0.6) is 0 Å². The number of ether oxygens (including phenoxy) is 1. The Morgan fingerprint density at radius 2 is 1.90 bits per heavy atom. The Kier molecular flexibility index (Phi) is 8.15. The van der Waals surface area contributed by atoms with E-state index < -0.39 is 23.2 Å². The summed E-state index contributed by atoms with van der Waals surface area (Å²) in [5.41, 5.74) is -0.131. The molecule has 0 bridgehead atoms. The second-order valence-corrected chi connectivity index (χ2v) is 8.29. The van der Waals surface area contributed by atoms with Crippen LogP contribution in [-0.4, -0.2) is 87.2 Å². The van der Waals surface area contributed by atoms with Gasteiger partial charge in [-0.15, -0.1) is 0 Å². The molecule has 174 valence electrons. The minimum Gasteiger partial charge on any atom is -0.483 e. The van der Waals surface area contributed by atoms with Crippen molar-refractivity contribution >= 4 is 18.3 Å². The zero-order valence-corrected chi connectivity index (χ0v) is 18.1. The molecule has 2 aliphatic rings. The number of carbonyl (C=O) groups is 3. The molecule has 0 unspecified atom stereocenters. The first-order valence-electron chi connectivity index (χ1n) is 10.1. The van der Waals surface area contributed by atoms with Crippen LogP contribution in [0.1, 0.15) is 43.2 Å². The number of aliphatic hydroxyl groups is 1. The molecule has 2 atom stereocenters. The molecule has 1 aromatic heterocycles. The molecule has 11 heteroatoms. The maximum Gasteiger partial charge on any atom is 0.317 e. The third-order valence-corrected chi connectivity index (χ3v) is 6.12. The van der Waals surface area contributed by atoms with Gasteiger partial charge < -0.3 is 29.9 Å². The number of likely N-dealkylation sites (tertiary alicyclic amines) is 1. The number of aliphatic hydroxyl groups excluding tert-OH is 1. The standard InChI is InChI=1S/C19H29N3O6.CH2O2/c1-12-14(13(2)28-21-12)10-15(23)20-18(3)6-9-27-19(17(18)26)4-7-22(8-5-19)11-16(24)25;2-1-3/h17,26H,4-11H2,1-3H3,(H,20,23)(H,24,25);1H,(H,2,3)/t17-,18+;/m1./s1. The summed E-state index contributed by atoms with van der Waals surface area (Å²) in [6.45, 7) is 6.64. The fourth-order valence-corrected chi connectivity index (χ4v) is 4.37. The van der Waals surface area contributed by atoms with E-state index in [2.05, 4.69) is 10.5 Å². The normalized spacial score (nSPS) is 25.4. The molecule has 0 saturated carbocycles. The van der Waals surface area contributed by atoms with E-state index in [-0.39, 0.29) is 25.3 Å². The van der Waals surface area contributed by atoms with Gasteiger partial charge >= 0.3 is 5.97 Å². The van der Waals surface area contributed by atoms with Crippen molar-refractivity contribution in [3.05, 3.63) is 17.0 Å². The number of aliphatic carboxylic acids is 1. The number of carboxylic acid groups (broad SMARTS) is 2. The largest absolute Gasteiger partial charge is 0.483 e. The van der Waals surface area contributed by atoms with E-state index in [0.29, 0.717) is 50.4 Å². The average molecular weight is 441 g/mol. The van der Waals surface area contributed by atoms with Gasteiger partial charge in [0.1, 0.15) is 11.9 Å². The number of hydrogen-bond acceptors (Lipinski definition) is 8. The van der Waals surface area contributed by atoms with Gasteiger partial charge in [-0.1, -0.05) is 5.16 Å². The van der Waals surface area contributed by atoms with Gasteiger partial charge in [0.05, 0.1) is 29.8 Å². The van der Waals surface area contributed by atoms with Gasteiger partial charge in [0.15, 0.2) is 0 Å². The molecule has 3 heterocycles. The minimum atomic E-state index is -0.880. The summed E-state index contributed by atoms with van der Waals surface area (Å²) in [6, 6.07) is 0. The molecule has 3 rings (SSSR count). The second-order valence-electron chi connectivity index (χ2n) is 8.29. The number of nitrogens with zero attached hydrogens (tertiary/aromatic N) is 2. The number of carboxylic acids is 1. The van der Waals surface area contributed by atoms with Crippen LogP contribution in [0.4, 0.5) is 0 Å². The first-order valence-corrected chi connectivity index (χ1v) is 10.1. The lowest BCUT2D eigenvalue weighted by atomic mass is 9.73. The Morgan fingerprint density at radius 1 is 1.29 bits per heavy atom. The molecule has 4 N–H and O–H groups in total. The Labute approximate surface area is 180 Å². The molecule has 2 saturated heterocycles. The zero-order valence-electron chi connectivity index (χ0n) is 18.1. The van der Waals surface area contributed by atoms with Gasteiger partial charge in [0.2, 0.25) is 5.91 Å². The summed E-state index contributed by atoms with van der Waals surface area (Å²) in [5, 5.41) is 33.9. The number of aryl methyl sites for hydroxylation is 2. The van der Waals surface area contributed by atoms with Gasteiger partial charge in [0, 0.05) is 25.3 Å². The Bertz CT molecular complexity index is 768. The van der Waals surface area contributed by atoms with Crippen LogP contribution in [0.15, 0.2) is 4.52 Å². The van der Waals surface area contributed by atoms with Gasteiger partial charge in [-0.2, -0.15) is 0 Å². The Balaban J connectivity index is 0.00000107. The van der Waals surface area contributed by atoms with Crippen molar-refractivity contribution in [3.8, 4) is 0 Å². The van der Waals surface area contributed by atoms with E-state index in [1.807, 2.05) is 11.8 Å². The first kappa shape index (κ1) is 24.8. The molecular weight excluding hydrogens is 410 g/mol. The Morgan fingerprint density at radius 3 is 2.42 bits per heavy atom. The van der Waals surface area contributed by atoms with Crippen LogP contribution in [0, 0.1) is 13.8 Å². The average Bonchev–Trinajstić information content (AvgIpc) is 3.00. The summed E-state index contributed by atoms with van der Waals surface area (Å²) in [7, 11) is 0. The fraction of sp³-hybridized carbons (Fsp3) is 0.700. The molecule has 2 aliphatic heterocycles. The minimum absolute atomic E-state index is 0.0163.